The fraction of sp³-hybridized carbons (Fsp3) is 0.520. The number of aryl methyl sites for hydroxylation is 1. The minimum absolute atomic E-state index is 0.0617. The van der Waals surface area contributed by atoms with E-state index in [0.717, 1.165) is 47.7 Å². The highest BCUT2D eigenvalue weighted by molar-refractivity contribution is 7.92. The first-order valence-electron chi connectivity index (χ1n) is 12.2. The van der Waals surface area contributed by atoms with Crippen molar-refractivity contribution in [2.75, 3.05) is 36.9 Å². The number of carbonyl (C=O) groups is 1. The van der Waals surface area contributed by atoms with Crippen LogP contribution in [-0.4, -0.2) is 66.6 Å². The van der Waals surface area contributed by atoms with Gasteiger partial charge in [0.1, 0.15) is 11.6 Å². The molecule has 1 atom stereocenters. The largest absolute Gasteiger partial charge is 0.478 e. The van der Waals surface area contributed by atoms with Crippen molar-refractivity contribution in [1.82, 2.24) is 20.0 Å². The Morgan fingerprint density at radius 1 is 1.25 bits per heavy atom. The second-order valence-electron chi connectivity index (χ2n) is 10.4. The molecule has 0 saturated carbocycles. The van der Waals surface area contributed by atoms with Crippen molar-refractivity contribution in [2.45, 2.75) is 57.5 Å². The van der Waals surface area contributed by atoms with Gasteiger partial charge in [-0.25, -0.2) is 17.9 Å². The number of rotatable bonds is 8. The van der Waals surface area contributed by atoms with Crippen molar-refractivity contribution < 1.29 is 18.3 Å². The zero-order valence-electron chi connectivity index (χ0n) is 21.6. The van der Waals surface area contributed by atoms with E-state index in [4.69, 9.17) is 5.10 Å². The summed E-state index contributed by atoms with van der Waals surface area (Å²) in [5.74, 6) is 0.782. The predicted molar refractivity (Wildman–Crippen MR) is 142 cm³/mol. The molecule has 3 heterocycles. The third kappa shape index (κ3) is 5.52. The van der Waals surface area contributed by atoms with Crippen LogP contribution in [0.3, 0.4) is 0 Å². The van der Waals surface area contributed by atoms with Gasteiger partial charge in [0, 0.05) is 20.2 Å². The summed E-state index contributed by atoms with van der Waals surface area (Å²) in [7, 11) is 0.426. The predicted octanol–water partition coefficient (Wildman–Crippen LogP) is 3.33. The molecule has 11 heteroatoms. The molecular formula is C25H36N6O4S. The van der Waals surface area contributed by atoms with Crippen LogP contribution in [0.5, 0.6) is 0 Å². The Labute approximate surface area is 212 Å². The summed E-state index contributed by atoms with van der Waals surface area (Å²) < 4.78 is 27.5. The zero-order valence-corrected chi connectivity index (χ0v) is 22.4. The lowest BCUT2D eigenvalue weighted by Crippen LogP contribution is -2.41. The van der Waals surface area contributed by atoms with Gasteiger partial charge in [0.05, 0.1) is 34.8 Å². The number of aromatic nitrogens is 2. The highest BCUT2D eigenvalue weighted by atomic mass is 32.2. The Kier molecular flexibility index (Phi) is 7.07. The van der Waals surface area contributed by atoms with Crippen molar-refractivity contribution in [3.05, 3.63) is 46.7 Å². The molecule has 2 aliphatic rings. The van der Waals surface area contributed by atoms with E-state index in [1.165, 1.54) is 18.9 Å². The number of piperidine rings is 1. The van der Waals surface area contributed by atoms with Crippen LogP contribution in [0.1, 0.15) is 67.2 Å². The summed E-state index contributed by atoms with van der Waals surface area (Å²) in [6, 6.07) is 7.21. The van der Waals surface area contributed by atoms with Crippen molar-refractivity contribution in [2.24, 2.45) is 0 Å². The second-order valence-corrected chi connectivity index (χ2v) is 12.1. The van der Waals surface area contributed by atoms with Crippen LogP contribution in [0, 0.1) is 0 Å². The third-order valence-electron chi connectivity index (χ3n) is 6.76. The molecule has 36 heavy (non-hydrogen) atoms. The van der Waals surface area contributed by atoms with Crippen LogP contribution >= 0.6 is 0 Å². The molecule has 0 spiro atoms. The van der Waals surface area contributed by atoms with Gasteiger partial charge in [0.2, 0.25) is 10.0 Å². The molecule has 0 bridgehead atoms. The quantitative estimate of drug-likeness (QED) is 0.421. The normalized spacial score (nSPS) is 19.4. The lowest BCUT2D eigenvalue weighted by molar-refractivity contribution is 0.0698. The Bertz CT molecular complexity index is 1290. The number of nitrogens with zero attached hydrogens (tertiary/aromatic N) is 3. The van der Waals surface area contributed by atoms with E-state index in [1.54, 1.807) is 12.1 Å². The number of hydrogen-bond acceptors (Lipinski definition) is 7. The molecule has 196 valence electrons. The van der Waals surface area contributed by atoms with Gasteiger partial charge in [0.15, 0.2) is 0 Å². The van der Waals surface area contributed by atoms with E-state index >= 15 is 0 Å². The minimum Gasteiger partial charge on any atom is -0.478 e. The SMILES string of the molecule is CN(C)C1=C(CCc2ccc(NS(C)(=O)=O)c(C(=O)O)c2)C(C)(C)Nc2cc([C@@H]3CCCCN3)nn21. The number of carboxylic acids is 1. The standard InChI is InChI=1S/C25H36N6O4S/c1-25(2)18(11-9-16-10-12-19(29-36(5,34)35)17(14-16)24(32)33)23(30(3)4)31-22(27-25)15-21(28-31)20-8-6-7-13-26-20/h10,12,14-15,20,26-27,29H,6-9,11,13H2,1-5H3,(H,32,33)/t20-/m0/s1. The number of benzene rings is 1. The van der Waals surface area contributed by atoms with Crippen molar-refractivity contribution in [1.29, 1.82) is 0 Å². The van der Waals surface area contributed by atoms with Gasteiger partial charge in [-0.3, -0.25) is 4.72 Å². The van der Waals surface area contributed by atoms with E-state index in [9.17, 15) is 18.3 Å². The molecule has 1 aromatic heterocycles. The number of aromatic carboxylic acids is 1. The summed E-state index contributed by atoms with van der Waals surface area (Å²) in [5.41, 5.74) is 2.65. The third-order valence-corrected chi connectivity index (χ3v) is 7.35. The van der Waals surface area contributed by atoms with Crippen LogP contribution in [0.25, 0.3) is 5.82 Å². The number of fused-ring (bicyclic) bond motifs is 1. The Morgan fingerprint density at radius 3 is 2.61 bits per heavy atom. The van der Waals surface area contributed by atoms with E-state index in [-0.39, 0.29) is 22.8 Å². The molecule has 1 fully saturated rings. The fourth-order valence-corrected chi connectivity index (χ4v) is 5.67. The average Bonchev–Trinajstić information content (AvgIpc) is 3.19. The molecule has 4 N–H and O–H groups in total. The Hall–Kier alpha value is -3.05. The van der Waals surface area contributed by atoms with Crippen molar-refractivity contribution in [3.63, 3.8) is 0 Å². The number of hydrogen-bond donors (Lipinski definition) is 4. The van der Waals surface area contributed by atoms with Gasteiger partial charge in [-0.1, -0.05) is 12.5 Å². The maximum Gasteiger partial charge on any atom is 0.337 e. The van der Waals surface area contributed by atoms with Crippen molar-refractivity contribution >= 4 is 33.3 Å². The van der Waals surface area contributed by atoms with E-state index in [2.05, 4.69) is 40.2 Å². The number of anilines is 2. The lowest BCUT2D eigenvalue weighted by atomic mass is 9.87. The highest BCUT2D eigenvalue weighted by Gasteiger charge is 2.35. The second kappa shape index (κ2) is 9.78. The zero-order chi connectivity index (χ0) is 26.3. The number of sulfonamides is 1. The van der Waals surface area contributed by atoms with Crippen molar-refractivity contribution in [3.8, 4) is 0 Å². The van der Waals surface area contributed by atoms with Gasteiger partial charge < -0.3 is 20.6 Å². The van der Waals surface area contributed by atoms with E-state index in [1.807, 2.05) is 18.8 Å². The first-order valence-corrected chi connectivity index (χ1v) is 14.1. The van der Waals surface area contributed by atoms with E-state index < -0.39 is 16.0 Å². The van der Waals surface area contributed by atoms with Crippen LogP contribution < -0.4 is 15.4 Å². The fourth-order valence-electron chi connectivity index (χ4n) is 5.09. The molecule has 2 aliphatic heterocycles. The minimum atomic E-state index is -3.59. The van der Waals surface area contributed by atoms with E-state index in [0.29, 0.717) is 12.8 Å². The molecule has 1 saturated heterocycles. The van der Waals surface area contributed by atoms with Gasteiger partial charge in [-0.15, -0.1) is 0 Å². The molecule has 0 radical (unpaired) electrons. The number of nitrogens with one attached hydrogen (secondary N) is 3. The first-order chi connectivity index (χ1) is 16.9. The Balaban J connectivity index is 1.66. The smallest absolute Gasteiger partial charge is 0.337 e. The van der Waals surface area contributed by atoms with Gasteiger partial charge >= 0.3 is 5.97 Å². The summed E-state index contributed by atoms with van der Waals surface area (Å²) in [6.45, 7) is 5.29. The molecule has 4 rings (SSSR count). The molecule has 0 aliphatic carbocycles. The molecule has 0 amide bonds. The molecular weight excluding hydrogens is 480 g/mol. The van der Waals surface area contributed by atoms with Gasteiger partial charge in [0.25, 0.3) is 0 Å². The summed E-state index contributed by atoms with van der Waals surface area (Å²) in [5, 5.41) is 21.8. The molecule has 1 aromatic carbocycles. The maximum atomic E-state index is 11.8. The molecule has 0 unspecified atom stereocenters. The van der Waals surface area contributed by atoms with Crippen LogP contribution in [0.15, 0.2) is 29.8 Å². The molecule has 2 aromatic rings. The van der Waals surface area contributed by atoms with Crippen LogP contribution in [0.4, 0.5) is 11.5 Å². The number of carboxylic acid groups (broad SMARTS) is 1. The van der Waals surface area contributed by atoms with Gasteiger partial charge in [-0.2, -0.15) is 5.10 Å². The Morgan fingerprint density at radius 2 is 2.00 bits per heavy atom. The summed E-state index contributed by atoms with van der Waals surface area (Å²) in [6.07, 6.45) is 5.71. The topological polar surface area (TPSA) is 129 Å². The maximum absolute atomic E-state index is 11.8. The molecule has 10 nitrogen and oxygen atoms in total. The first kappa shape index (κ1) is 26.0. The summed E-state index contributed by atoms with van der Waals surface area (Å²) in [4.78, 5) is 13.9. The lowest BCUT2D eigenvalue weighted by Gasteiger charge is -2.39. The highest BCUT2D eigenvalue weighted by Crippen LogP contribution is 2.39. The summed E-state index contributed by atoms with van der Waals surface area (Å²) >= 11 is 0. The average molecular weight is 517 g/mol. The monoisotopic (exact) mass is 516 g/mol. The van der Waals surface area contributed by atoms with Crippen LogP contribution in [0.2, 0.25) is 0 Å². The van der Waals surface area contributed by atoms with Crippen LogP contribution in [-0.2, 0) is 16.4 Å². The van der Waals surface area contributed by atoms with Gasteiger partial charge in [-0.05, 0) is 69.3 Å².